The lowest BCUT2D eigenvalue weighted by atomic mass is 9.76. The minimum Gasteiger partial charge on any atom is -0.457 e. The first-order chi connectivity index (χ1) is 14.1. The van der Waals surface area contributed by atoms with Crippen molar-refractivity contribution in [3.63, 3.8) is 0 Å². The van der Waals surface area contributed by atoms with E-state index < -0.39 is 0 Å². The average Bonchev–Trinajstić information content (AvgIpc) is 3.13. The average molecular weight is 376 g/mol. The molecule has 1 aliphatic heterocycles. The van der Waals surface area contributed by atoms with E-state index in [1.54, 1.807) is 0 Å². The fraction of sp³-hybridized carbons (Fsp3) is 0.143. The molecule has 1 aliphatic carbocycles. The molecule has 4 aromatic rings. The van der Waals surface area contributed by atoms with Crippen LogP contribution >= 0.6 is 0 Å². The standard InChI is InChI=1S/C15H14O.C13H10/c1-15(2)11-7-3-5-9-13(11)16-14-10-6-4-8-12(14)15;1-3-7-12-10(5-1)9-11-6-2-4-8-13(11)12/h3-10H,1-2H3;1-8H,9H2. The van der Waals surface area contributed by atoms with Gasteiger partial charge in [-0.15, -0.1) is 0 Å². The number of rotatable bonds is 0. The van der Waals surface area contributed by atoms with Crippen LogP contribution in [0, 0.1) is 0 Å². The molecular weight excluding hydrogens is 352 g/mol. The zero-order chi connectivity index (χ0) is 19.8. The van der Waals surface area contributed by atoms with Crippen LogP contribution in [0.1, 0.15) is 36.1 Å². The van der Waals surface area contributed by atoms with E-state index in [9.17, 15) is 0 Å². The predicted octanol–water partition coefficient (Wildman–Crippen LogP) is 7.38. The van der Waals surface area contributed by atoms with Gasteiger partial charge in [0.05, 0.1) is 0 Å². The Kier molecular flexibility index (Phi) is 4.24. The number of benzene rings is 4. The zero-order valence-corrected chi connectivity index (χ0v) is 16.9. The van der Waals surface area contributed by atoms with Gasteiger partial charge in [0.25, 0.3) is 0 Å². The van der Waals surface area contributed by atoms with E-state index in [-0.39, 0.29) is 5.41 Å². The van der Waals surface area contributed by atoms with Gasteiger partial charge in [-0.2, -0.15) is 0 Å². The Labute approximate surface area is 172 Å². The van der Waals surface area contributed by atoms with Crippen molar-refractivity contribution in [3.05, 3.63) is 119 Å². The summed E-state index contributed by atoms with van der Waals surface area (Å²) < 4.78 is 5.91. The summed E-state index contributed by atoms with van der Waals surface area (Å²) in [7, 11) is 0. The molecule has 0 fully saturated rings. The van der Waals surface area contributed by atoms with Crippen LogP contribution in [0.2, 0.25) is 0 Å². The van der Waals surface area contributed by atoms with Crippen molar-refractivity contribution in [3.8, 4) is 22.6 Å². The number of hydrogen-bond acceptors (Lipinski definition) is 1. The highest BCUT2D eigenvalue weighted by molar-refractivity contribution is 5.76. The molecule has 0 aromatic heterocycles. The highest BCUT2D eigenvalue weighted by atomic mass is 16.5. The minimum atomic E-state index is 0.0193. The molecule has 6 rings (SSSR count). The Hall–Kier alpha value is -3.32. The molecule has 29 heavy (non-hydrogen) atoms. The predicted molar refractivity (Wildman–Crippen MR) is 120 cm³/mol. The third kappa shape index (κ3) is 3.03. The molecule has 0 bridgehead atoms. The Bertz CT molecular complexity index is 1100. The van der Waals surface area contributed by atoms with Gasteiger partial charge in [0.2, 0.25) is 0 Å². The van der Waals surface area contributed by atoms with Crippen LogP contribution < -0.4 is 4.74 Å². The van der Waals surface area contributed by atoms with Crippen LogP contribution in [-0.4, -0.2) is 0 Å². The second-order valence-electron chi connectivity index (χ2n) is 8.21. The molecule has 0 spiro atoms. The molecule has 2 aliphatic rings. The van der Waals surface area contributed by atoms with Gasteiger partial charge in [0, 0.05) is 16.5 Å². The van der Waals surface area contributed by atoms with Crippen LogP contribution in [-0.2, 0) is 11.8 Å². The van der Waals surface area contributed by atoms with Crippen molar-refractivity contribution in [2.45, 2.75) is 25.7 Å². The largest absolute Gasteiger partial charge is 0.457 e. The van der Waals surface area contributed by atoms with Gasteiger partial charge in [-0.05, 0) is 40.8 Å². The normalized spacial score (nSPS) is 14.3. The van der Waals surface area contributed by atoms with Crippen molar-refractivity contribution in [1.29, 1.82) is 0 Å². The Morgan fingerprint density at radius 1 is 0.552 bits per heavy atom. The summed E-state index contributed by atoms with van der Waals surface area (Å²) >= 11 is 0. The van der Waals surface area contributed by atoms with Crippen LogP contribution in [0.5, 0.6) is 11.5 Å². The van der Waals surface area contributed by atoms with E-state index in [1.165, 1.54) is 33.4 Å². The van der Waals surface area contributed by atoms with Crippen molar-refractivity contribution >= 4 is 0 Å². The Morgan fingerprint density at radius 2 is 0.966 bits per heavy atom. The van der Waals surface area contributed by atoms with E-state index in [4.69, 9.17) is 4.74 Å². The molecule has 0 N–H and O–H groups in total. The van der Waals surface area contributed by atoms with Crippen LogP contribution in [0.25, 0.3) is 11.1 Å². The summed E-state index contributed by atoms with van der Waals surface area (Å²) in [5.41, 5.74) is 8.29. The summed E-state index contributed by atoms with van der Waals surface area (Å²) in [5, 5.41) is 0. The molecule has 0 radical (unpaired) electrons. The highest BCUT2D eigenvalue weighted by Gasteiger charge is 2.33. The maximum absolute atomic E-state index is 5.91. The minimum absolute atomic E-state index is 0.0193. The third-order valence-electron chi connectivity index (χ3n) is 6.05. The van der Waals surface area contributed by atoms with E-state index in [1.807, 2.05) is 24.3 Å². The molecule has 1 heterocycles. The van der Waals surface area contributed by atoms with Crippen molar-refractivity contribution < 1.29 is 4.74 Å². The first kappa shape index (κ1) is 17.8. The maximum Gasteiger partial charge on any atom is 0.131 e. The molecule has 1 nitrogen and oxygen atoms in total. The fourth-order valence-corrected chi connectivity index (χ4v) is 4.49. The van der Waals surface area contributed by atoms with Gasteiger partial charge in [0.1, 0.15) is 11.5 Å². The van der Waals surface area contributed by atoms with Gasteiger partial charge in [-0.1, -0.05) is 98.8 Å². The summed E-state index contributed by atoms with van der Waals surface area (Å²) in [5.74, 6) is 1.96. The molecule has 0 amide bonds. The van der Waals surface area contributed by atoms with Gasteiger partial charge >= 0.3 is 0 Å². The van der Waals surface area contributed by atoms with Gasteiger partial charge < -0.3 is 4.74 Å². The van der Waals surface area contributed by atoms with Crippen molar-refractivity contribution in [1.82, 2.24) is 0 Å². The van der Waals surface area contributed by atoms with E-state index in [2.05, 4.69) is 86.6 Å². The monoisotopic (exact) mass is 376 g/mol. The SMILES string of the molecule is CC1(C)c2ccccc2Oc2ccccc21.c1ccc2c(c1)Cc1ccccc1-2. The maximum atomic E-state index is 5.91. The van der Waals surface area contributed by atoms with Gasteiger partial charge in [0.15, 0.2) is 0 Å². The molecule has 0 saturated heterocycles. The molecule has 1 heteroatoms. The summed E-state index contributed by atoms with van der Waals surface area (Å²) in [4.78, 5) is 0. The summed E-state index contributed by atoms with van der Waals surface area (Å²) in [6.07, 6.45) is 1.10. The lowest BCUT2D eigenvalue weighted by Crippen LogP contribution is -2.23. The lowest BCUT2D eigenvalue weighted by Gasteiger charge is -2.34. The molecule has 4 aromatic carbocycles. The van der Waals surface area contributed by atoms with Crippen LogP contribution in [0.4, 0.5) is 0 Å². The summed E-state index contributed by atoms with van der Waals surface area (Å²) in [6.45, 7) is 4.49. The first-order valence-electron chi connectivity index (χ1n) is 10.2. The lowest BCUT2D eigenvalue weighted by molar-refractivity contribution is 0.418. The number of fused-ring (bicyclic) bond motifs is 5. The second kappa shape index (κ2) is 6.93. The fourth-order valence-electron chi connectivity index (χ4n) is 4.49. The topological polar surface area (TPSA) is 9.23 Å². The molecule has 0 saturated carbocycles. The van der Waals surface area contributed by atoms with Gasteiger partial charge in [-0.25, -0.2) is 0 Å². The molecule has 0 unspecified atom stereocenters. The third-order valence-corrected chi connectivity index (χ3v) is 6.05. The van der Waals surface area contributed by atoms with E-state index in [0.717, 1.165) is 17.9 Å². The second-order valence-corrected chi connectivity index (χ2v) is 8.21. The number of para-hydroxylation sites is 2. The van der Waals surface area contributed by atoms with E-state index >= 15 is 0 Å². The first-order valence-corrected chi connectivity index (χ1v) is 10.2. The van der Waals surface area contributed by atoms with Crippen LogP contribution in [0.3, 0.4) is 0 Å². The van der Waals surface area contributed by atoms with Gasteiger partial charge in [-0.3, -0.25) is 0 Å². The Morgan fingerprint density at radius 3 is 1.48 bits per heavy atom. The smallest absolute Gasteiger partial charge is 0.131 e. The highest BCUT2D eigenvalue weighted by Crippen LogP contribution is 2.47. The Balaban J connectivity index is 0.000000128. The zero-order valence-electron chi connectivity index (χ0n) is 16.9. The summed E-state index contributed by atoms with van der Waals surface area (Å²) in [6, 6.07) is 33.8. The molecule has 142 valence electrons. The molecule has 0 atom stereocenters. The van der Waals surface area contributed by atoms with Crippen molar-refractivity contribution in [2.75, 3.05) is 0 Å². The number of hydrogen-bond donors (Lipinski definition) is 0. The molecular formula is C28H24O. The van der Waals surface area contributed by atoms with Crippen LogP contribution in [0.15, 0.2) is 97.1 Å². The quantitative estimate of drug-likeness (QED) is 0.274. The van der Waals surface area contributed by atoms with Crippen molar-refractivity contribution in [2.24, 2.45) is 0 Å². The number of ether oxygens (including phenoxy) is 1. The van der Waals surface area contributed by atoms with E-state index in [0.29, 0.717) is 0 Å².